The molecule has 1 saturated heterocycles. The molecular weight excluding hydrogens is 191 g/mol. The molecule has 4 heteroatoms. The van der Waals surface area contributed by atoms with Crippen molar-refractivity contribution in [1.29, 1.82) is 0 Å². The molecule has 0 spiro atoms. The molecule has 12 heavy (non-hydrogen) atoms. The van der Waals surface area contributed by atoms with E-state index in [4.69, 9.17) is 0 Å². The normalized spacial score (nSPS) is 19.2. The molecule has 74 valence electrons. The molecule has 1 aliphatic heterocycles. The molecule has 0 aromatic heterocycles. The lowest BCUT2D eigenvalue weighted by Crippen LogP contribution is -2.20. The third-order valence-electron chi connectivity index (χ3n) is 2.15. The van der Waals surface area contributed by atoms with Crippen molar-refractivity contribution in [2.45, 2.75) is 26.7 Å². The van der Waals surface area contributed by atoms with Crippen LogP contribution in [0.3, 0.4) is 0 Å². The second-order valence-corrected chi connectivity index (χ2v) is 4.43. The SMILES string of the molecule is CCN(CC)PN1CCCC1.Cl. The minimum absolute atomic E-state index is 0. The Balaban J connectivity index is 0.00000121. The van der Waals surface area contributed by atoms with Crippen LogP contribution in [-0.2, 0) is 0 Å². The number of nitrogens with zero attached hydrogens (tertiary/aromatic N) is 2. The van der Waals surface area contributed by atoms with Crippen LogP contribution in [0.5, 0.6) is 0 Å². The molecule has 0 N–H and O–H groups in total. The van der Waals surface area contributed by atoms with Gasteiger partial charge in [-0.25, -0.2) is 0 Å². The summed E-state index contributed by atoms with van der Waals surface area (Å²) in [5.41, 5.74) is 0. The van der Waals surface area contributed by atoms with Crippen molar-refractivity contribution in [3.8, 4) is 0 Å². The van der Waals surface area contributed by atoms with E-state index in [2.05, 4.69) is 23.2 Å². The molecule has 0 saturated carbocycles. The molecule has 1 fully saturated rings. The summed E-state index contributed by atoms with van der Waals surface area (Å²) in [4.78, 5) is 0. The van der Waals surface area contributed by atoms with E-state index in [1.165, 1.54) is 39.0 Å². The van der Waals surface area contributed by atoms with Crippen molar-refractivity contribution in [1.82, 2.24) is 9.34 Å². The van der Waals surface area contributed by atoms with Gasteiger partial charge in [0, 0.05) is 35.1 Å². The van der Waals surface area contributed by atoms with E-state index >= 15 is 0 Å². The maximum absolute atomic E-state index is 2.58. The van der Waals surface area contributed by atoms with E-state index in [0.29, 0.717) is 0 Å². The number of hydrogen-bond acceptors (Lipinski definition) is 2. The molecule has 0 bridgehead atoms. The third-order valence-corrected chi connectivity index (χ3v) is 3.80. The maximum Gasteiger partial charge on any atom is 0.0240 e. The third kappa shape index (κ3) is 4.04. The Morgan fingerprint density at radius 2 is 1.67 bits per heavy atom. The fourth-order valence-corrected chi connectivity index (χ4v) is 2.58. The summed E-state index contributed by atoms with van der Waals surface area (Å²) in [5.74, 6) is 0. The topological polar surface area (TPSA) is 6.48 Å². The van der Waals surface area contributed by atoms with Crippen LogP contribution >= 0.6 is 21.3 Å². The van der Waals surface area contributed by atoms with Gasteiger partial charge in [0.25, 0.3) is 0 Å². The van der Waals surface area contributed by atoms with E-state index in [-0.39, 0.29) is 12.4 Å². The van der Waals surface area contributed by atoms with Crippen molar-refractivity contribution in [2.75, 3.05) is 26.2 Å². The first-order valence-corrected chi connectivity index (χ1v) is 5.52. The zero-order chi connectivity index (χ0) is 8.10. The summed E-state index contributed by atoms with van der Waals surface area (Å²) in [7, 11) is 0.944. The van der Waals surface area contributed by atoms with Gasteiger partial charge < -0.3 is 0 Å². The lowest BCUT2D eigenvalue weighted by Gasteiger charge is -2.24. The zero-order valence-corrected chi connectivity index (χ0v) is 9.86. The van der Waals surface area contributed by atoms with Crippen LogP contribution < -0.4 is 0 Å². The fraction of sp³-hybridized carbons (Fsp3) is 1.00. The second-order valence-electron chi connectivity index (χ2n) is 2.97. The van der Waals surface area contributed by atoms with Crippen molar-refractivity contribution in [2.24, 2.45) is 0 Å². The zero-order valence-electron chi connectivity index (χ0n) is 8.05. The van der Waals surface area contributed by atoms with Crippen LogP contribution in [0.2, 0.25) is 0 Å². The first-order chi connectivity index (χ1) is 5.36. The van der Waals surface area contributed by atoms with E-state index in [0.717, 1.165) is 8.88 Å². The van der Waals surface area contributed by atoms with Gasteiger partial charge >= 0.3 is 0 Å². The molecule has 0 amide bonds. The van der Waals surface area contributed by atoms with Gasteiger partial charge in [-0.1, -0.05) is 13.8 Å². The van der Waals surface area contributed by atoms with Crippen LogP contribution in [0.25, 0.3) is 0 Å². The Bertz CT molecular complexity index is 103. The van der Waals surface area contributed by atoms with Crippen molar-refractivity contribution < 1.29 is 0 Å². The largest absolute Gasteiger partial charge is 0.273 e. The van der Waals surface area contributed by atoms with Crippen molar-refractivity contribution in [3.63, 3.8) is 0 Å². The molecular formula is C8H20ClN2P. The molecule has 0 aromatic rings. The molecule has 1 unspecified atom stereocenters. The molecule has 0 aromatic carbocycles. The Morgan fingerprint density at radius 3 is 2.08 bits per heavy atom. The van der Waals surface area contributed by atoms with Gasteiger partial charge in [-0.3, -0.25) is 9.34 Å². The van der Waals surface area contributed by atoms with Gasteiger partial charge in [-0.05, 0) is 12.8 Å². The minimum atomic E-state index is 0. The van der Waals surface area contributed by atoms with E-state index in [1.54, 1.807) is 0 Å². The number of halogens is 1. The first-order valence-electron chi connectivity index (χ1n) is 4.63. The van der Waals surface area contributed by atoms with Gasteiger partial charge in [0.2, 0.25) is 0 Å². The number of hydrogen-bond donors (Lipinski definition) is 0. The Labute approximate surface area is 84.0 Å². The molecule has 1 atom stereocenters. The van der Waals surface area contributed by atoms with Crippen LogP contribution in [0, 0.1) is 0 Å². The highest BCUT2D eigenvalue weighted by Gasteiger charge is 2.13. The lowest BCUT2D eigenvalue weighted by atomic mass is 10.4. The molecule has 2 nitrogen and oxygen atoms in total. The lowest BCUT2D eigenvalue weighted by molar-refractivity contribution is 0.461. The standard InChI is InChI=1S/C8H19N2P.ClH/c1-3-9(4-2)11-10-7-5-6-8-10;/h11H,3-8H2,1-2H3;1H. The average Bonchev–Trinajstić information content (AvgIpc) is 2.52. The molecule has 1 rings (SSSR count). The summed E-state index contributed by atoms with van der Waals surface area (Å²) >= 11 is 0. The predicted octanol–water partition coefficient (Wildman–Crippen LogP) is 2.35. The Morgan fingerprint density at radius 1 is 1.17 bits per heavy atom. The van der Waals surface area contributed by atoms with E-state index in [9.17, 15) is 0 Å². The molecule has 0 radical (unpaired) electrons. The maximum atomic E-state index is 2.58. The highest BCUT2D eigenvalue weighted by Crippen LogP contribution is 2.27. The average molecular weight is 211 g/mol. The minimum Gasteiger partial charge on any atom is -0.273 e. The van der Waals surface area contributed by atoms with E-state index < -0.39 is 0 Å². The summed E-state index contributed by atoms with van der Waals surface area (Å²) in [6.07, 6.45) is 2.82. The fourth-order valence-electron chi connectivity index (χ4n) is 1.38. The van der Waals surface area contributed by atoms with Crippen LogP contribution in [0.15, 0.2) is 0 Å². The van der Waals surface area contributed by atoms with Crippen molar-refractivity contribution in [3.05, 3.63) is 0 Å². The Hall–Kier alpha value is 0.640. The molecule has 1 heterocycles. The van der Waals surface area contributed by atoms with Crippen LogP contribution in [0.4, 0.5) is 0 Å². The van der Waals surface area contributed by atoms with Gasteiger partial charge in [-0.2, -0.15) is 0 Å². The van der Waals surface area contributed by atoms with Gasteiger partial charge in [0.05, 0.1) is 0 Å². The summed E-state index contributed by atoms with van der Waals surface area (Å²) < 4.78 is 5.08. The summed E-state index contributed by atoms with van der Waals surface area (Å²) in [5, 5.41) is 0. The number of rotatable bonds is 4. The van der Waals surface area contributed by atoms with Crippen molar-refractivity contribution >= 4 is 21.3 Å². The summed E-state index contributed by atoms with van der Waals surface area (Å²) in [6.45, 7) is 9.54. The van der Waals surface area contributed by atoms with E-state index in [1.807, 2.05) is 0 Å². The second kappa shape index (κ2) is 7.08. The van der Waals surface area contributed by atoms with Crippen LogP contribution in [-0.4, -0.2) is 35.5 Å². The monoisotopic (exact) mass is 210 g/mol. The van der Waals surface area contributed by atoms with Gasteiger partial charge in [0.15, 0.2) is 0 Å². The smallest absolute Gasteiger partial charge is 0.0240 e. The highest BCUT2D eigenvalue weighted by molar-refractivity contribution is 7.32. The van der Waals surface area contributed by atoms with Gasteiger partial charge in [0.1, 0.15) is 0 Å². The predicted molar refractivity (Wildman–Crippen MR) is 59.3 cm³/mol. The molecule has 1 aliphatic rings. The summed E-state index contributed by atoms with van der Waals surface area (Å²) in [6, 6.07) is 0. The van der Waals surface area contributed by atoms with Crippen LogP contribution in [0.1, 0.15) is 26.7 Å². The highest BCUT2D eigenvalue weighted by atomic mass is 35.5. The quantitative estimate of drug-likeness (QED) is 0.658. The first kappa shape index (κ1) is 12.6. The molecule has 0 aliphatic carbocycles. The van der Waals surface area contributed by atoms with Gasteiger partial charge in [-0.15, -0.1) is 12.4 Å². The Kier molecular flexibility index (Phi) is 7.46.